The molecule has 0 aliphatic heterocycles. The Bertz CT molecular complexity index is 914. The van der Waals surface area contributed by atoms with Crippen LogP contribution in [0.15, 0.2) is 71.3 Å². The fraction of sp³-hybridized carbons (Fsp3) is 0. The van der Waals surface area contributed by atoms with Gasteiger partial charge in [-0.25, -0.2) is 4.98 Å². The van der Waals surface area contributed by atoms with Crippen LogP contribution in [0.4, 0.5) is 17.2 Å². The van der Waals surface area contributed by atoms with Gasteiger partial charge in [-0.05, 0) is 60.7 Å². The lowest BCUT2D eigenvalue weighted by Gasteiger charge is -2.08. The maximum absolute atomic E-state index is 12.2. The van der Waals surface area contributed by atoms with Crippen molar-refractivity contribution in [2.45, 2.75) is 0 Å². The van der Waals surface area contributed by atoms with Crippen LogP contribution in [0.5, 0.6) is 0 Å². The van der Waals surface area contributed by atoms with Gasteiger partial charge in [-0.15, -0.1) is 0 Å². The van der Waals surface area contributed by atoms with Crippen LogP contribution in [0.1, 0.15) is 15.9 Å². The van der Waals surface area contributed by atoms with Gasteiger partial charge in [-0.3, -0.25) is 4.79 Å². The maximum atomic E-state index is 12.2. The molecule has 2 N–H and O–H groups in total. The Morgan fingerprint density at radius 2 is 1.64 bits per heavy atom. The third-order valence-corrected chi connectivity index (χ3v) is 3.94. The van der Waals surface area contributed by atoms with E-state index in [0.29, 0.717) is 16.9 Å². The van der Waals surface area contributed by atoms with Crippen LogP contribution in [0.2, 0.25) is 0 Å². The molecule has 0 bridgehead atoms. The van der Waals surface area contributed by atoms with E-state index >= 15 is 0 Å². The molecular formula is C19H13BrN4O. The van der Waals surface area contributed by atoms with Gasteiger partial charge in [0.05, 0.1) is 23.5 Å². The van der Waals surface area contributed by atoms with Gasteiger partial charge in [0.1, 0.15) is 5.82 Å². The number of benzene rings is 2. The van der Waals surface area contributed by atoms with Crippen molar-refractivity contribution in [3.63, 3.8) is 0 Å². The van der Waals surface area contributed by atoms with E-state index in [0.717, 1.165) is 15.8 Å². The SMILES string of the molecule is N#Cc1ccc(Nc2ccc(NC(=O)c3ccc(Br)cc3)nc2)cc1. The van der Waals surface area contributed by atoms with Gasteiger partial charge in [-0.2, -0.15) is 5.26 Å². The molecular weight excluding hydrogens is 380 g/mol. The molecule has 25 heavy (non-hydrogen) atoms. The molecule has 0 aliphatic rings. The number of carbonyl (C=O) groups excluding carboxylic acids is 1. The van der Waals surface area contributed by atoms with Gasteiger partial charge in [0.2, 0.25) is 0 Å². The molecule has 122 valence electrons. The van der Waals surface area contributed by atoms with Gasteiger partial charge >= 0.3 is 0 Å². The molecule has 5 nitrogen and oxygen atoms in total. The number of aromatic nitrogens is 1. The lowest BCUT2D eigenvalue weighted by Crippen LogP contribution is -2.12. The number of carbonyl (C=O) groups is 1. The predicted octanol–water partition coefficient (Wildman–Crippen LogP) is 4.71. The summed E-state index contributed by atoms with van der Waals surface area (Å²) in [5, 5.41) is 14.7. The summed E-state index contributed by atoms with van der Waals surface area (Å²) in [6.07, 6.45) is 1.63. The second-order valence-corrected chi connectivity index (χ2v) is 6.12. The highest BCUT2D eigenvalue weighted by Gasteiger charge is 2.06. The molecule has 0 fully saturated rings. The molecule has 0 saturated carbocycles. The van der Waals surface area contributed by atoms with Gasteiger partial charge in [0.25, 0.3) is 5.91 Å². The topological polar surface area (TPSA) is 77.8 Å². The van der Waals surface area contributed by atoms with Crippen molar-refractivity contribution < 1.29 is 4.79 Å². The Hall–Kier alpha value is -3.17. The zero-order chi connectivity index (χ0) is 17.6. The Morgan fingerprint density at radius 3 is 2.24 bits per heavy atom. The first-order valence-corrected chi connectivity index (χ1v) is 8.23. The first kappa shape index (κ1) is 16.7. The van der Waals surface area contributed by atoms with E-state index in [1.54, 1.807) is 36.5 Å². The van der Waals surface area contributed by atoms with Crippen LogP contribution in [-0.4, -0.2) is 10.9 Å². The number of rotatable bonds is 4. The minimum Gasteiger partial charge on any atom is -0.354 e. The molecule has 2 aromatic carbocycles. The van der Waals surface area contributed by atoms with E-state index in [1.165, 1.54) is 0 Å². The third-order valence-electron chi connectivity index (χ3n) is 3.41. The number of halogens is 1. The van der Waals surface area contributed by atoms with Crippen molar-refractivity contribution in [1.82, 2.24) is 4.98 Å². The summed E-state index contributed by atoms with van der Waals surface area (Å²) < 4.78 is 0.917. The molecule has 0 radical (unpaired) electrons. The van der Waals surface area contributed by atoms with Crippen molar-refractivity contribution in [2.75, 3.05) is 10.6 Å². The number of hydrogen-bond acceptors (Lipinski definition) is 4. The zero-order valence-corrected chi connectivity index (χ0v) is 14.6. The Kier molecular flexibility index (Phi) is 5.07. The van der Waals surface area contributed by atoms with E-state index in [9.17, 15) is 4.79 Å². The van der Waals surface area contributed by atoms with E-state index in [-0.39, 0.29) is 5.91 Å². The van der Waals surface area contributed by atoms with E-state index < -0.39 is 0 Å². The van der Waals surface area contributed by atoms with Gasteiger partial charge in [0.15, 0.2) is 0 Å². The van der Waals surface area contributed by atoms with Crippen molar-refractivity contribution in [2.24, 2.45) is 0 Å². The first-order chi connectivity index (χ1) is 12.1. The highest BCUT2D eigenvalue weighted by molar-refractivity contribution is 9.10. The highest BCUT2D eigenvalue weighted by atomic mass is 79.9. The van der Waals surface area contributed by atoms with Gasteiger partial charge < -0.3 is 10.6 Å². The summed E-state index contributed by atoms with van der Waals surface area (Å²) in [6.45, 7) is 0. The monoisotopic (exact) mass is 392 g/mol. The van der Waals surface area contributed by atoms with E-state index in [2.05, 4.69) is 37.6 Å². The van der Waals surface area contributed by atoms with Crippen LogP contribution in [0.3, 0.4) is 0 Å². The van der Waals surface area contributed by atoms with Crippen LogP contribution in [-0.2, 0) is 0 Å². The predicted molar refractivity (Wildman–Crippen MR) is 101 cm³/mol. The van der Waals surface area contributed by atoms with E-state index in [4.69, 9.17) is 5.26 Å². The number of amides is 1. The van der Waals surface area contributed by atoms with Crippen molar-refractivity contribution in [3.05, 3.63) is 82.5 Å². The second-order valence-electron chi connectivity index (χ2n) is 5.21. The standard InChI is InChI=1S/C19H13BrN4O/c20-15-5-3-14(4-6-15)19(25)24-18-10-9-17(12-22-18)23-16-7-1-13(11-21)2-8-16/h1-10,12,23H,(H,22,24,25). The van der Waals surface area contributed by atoms with Gasteiger partial charge in [0, 0.05) is 15.7 Å². The minimum absolute atomic E-state index is 0.215. The molecule has 3 rings (SSSR count). The Balaban J connectivity index is 1.64. The Labute approximate surface area is 153 Å². The average Bonchev–Trinajstić information content (AvgIpc) is 2.64. The quantitative estimate of drug-likeness (QED) is 0.673. The molecule has 1 amide bonds. The third kappa shape index (κ3) is 4.43. The minimum atomic E-state index is -0.215. The fourth-order valence-corrected chi connectivity index (χ4v) is 2.39. The normalized spacial score (nSPS) is 9.92. The lowest BCUT2D eigenvalue weighted by atomic mass is 10.2. The summed E-state index contributed by atoms with van der Waals surface area (Å²) in [7, 11) is 0. The zero-order valence-electron chi connectivity index (χ0n) is 13.0. The summed E-state index contributed by atoms with van der Waals surface area (Å²) in [6, 6.07) is 19.8. The second kappa shape index (κ2) is 7.60. The molecule has 0 spiro atoms. The molecule has 0 unspecified atom stereocenters. The van der Waals surface area contributed by atoms with Crippen LogP contribution >= 0.6 is 15.9 Å². The summed E-state index contributed by atoms with van der Waals surface area (Å²) in [4.78, 5) is 16.4. The molecule has 3 aromatic rings. The number of pyridine rings is 1. The lowest BCUT2D eigenvalue weighted by molar-refractivity contribution is 0.102. The maximum Gasteiger partial charge on any atom is 0.256 e. The van der Waals surface area contributed by atoms with E-state index in [1.807, 2.05) is 30.3 Å². The number of nitrogens with zero attached hydrogens (tertiary/aromatic N) is 2. The summed E-state index contributed by atoms with van der Waals surface area (Å²) in [5.74, 6) is 0.256. The van der Waals surface area contributed by atoms with Crippen molar-refractivity contribution in [3.8, 4) is 6.07 Å². The molecule has 0 atom stereocenters. The fourth-order valence-electron chi connectivity index (χ4n) is 2.13. The van der Waals surface area contributed by atoms with Crippen LogP contribution in [0.25, 0.3) is 0 Å². The molecule has 0 aliphatic carbocycles. The first-order valence-electron chi connectivity index (χ1n) is 7.44. The van der Waals surface area contributed by atoms with Crippen LogP contribution < -0.4 is 10.6 Å². The Morgan fingerprint density at radius 1 is 0.960 bits per heavy atom. The smallest absolute Gasteiger partial charge is 0.256 e. The summed E-state index contributed by atoms with van der Waals surface area (Å²) in [5.41, 5.74) is 2.80. The number of anilines is 3. The number of hydrogen-bond donors (Lipinski definition) is 2. The molecule has 1 aromatic heterocycles. The van der Waals surface area contributed by atoms with Crippen molar-refractivity contribution >= 4 is 39.0 Å². The largest absolute Gasteiger partial charge is 0.354 e. The molecule has 6 heteroatoms. The number of nitriles is 1. The highest BCUT2D eigenvalue weighted by Crippen LogP contribution is 2.18. The van der Waals surface area contributed by atoms with Gasteiger partial charge in [-0.1, -0.05) is 15.9 Å². The number of nitrogens with one attached hydrogen (secondary N) is 2. The van der Waals surface area contributed by atoms with Crippen LogP contribution in [0, 0.1) is 11.3 Å². The molecule has 1 heterocycles. The average molecular weight is 393 g/mol. The molecule has 0 saturated heterocycles. The van der Waals surface area contributed by atoms with Crippen molar-refractivity contribution in [1.29, 1.82) is 5.26 Å². The summed E-state index contributed by atoms with van der Waals surface area (Å²) >= 11 is 3.34.